The van der Waals surface area contributed by atoms with E-state index in [0.717, 1.165) is 24.2 Å². The lowest BCUT2D eigenvalue weighted by Crippen LogP contribution is -2.29. The number of benzene rings is 2. The lowest BCUT2D eigenvalue weighted by molar-refractivity contribution is -0.132. The van der Waals surface area contributed by atoms with E-state index in [0.29, 0.717) is 29.2 Å². The highest BCUT2D eigenvalue weighted by molar-refractivity contribution is 7.17. The largest absolute Gasteiger partial charge is 0.508 e. The molecule has 1 aromatic heterocycles. The van der Waals surface area contributed by atoms with Crippen LogP contribution in [-0.4, -0.2) is 46.1 Å². The third-order valence-electron chi connectivity index (χ3n) is 6.00. The molecule has 0 bridgehead atoms. The second-order valence-corrected chi connectivity index (χ2v) is 9.60. The van der Waals surface area contributed by atoms with E-state index < -0.39 is 23.7 Å². The molecule has 1 saturated heterocycles. The van der Waals surface area contributed by atoms with Crippen molar-refractivity contribution >= 4 is 39.9 Å². The minimum Gasteiger partial charge on any atom is -0.508 e. The number of aromatic nitrogens is 1. The molecule has 1 aliphatic rings. The summed E-state index contributed by atoms with van der Waals surface area (Å²) in [5, 5.41) is 21.2. The van der Waals surface area contributed by atoms with Crippen molar-refractivity contribution in [3.63, 3.8) is 0 Å². The molecule has 4 rings (SSSR count). The Morgan fingerprint density at radius 2 is 1.76 bits per heavy atom. The molecule has 0 saturated carbocycles. The molecule has 1 fully saturated rings. The van der Waals surface area contributed by atoms with Crippen LogP contribution < -0.4 is 9.64 Å². The number of amides is 1. The number of hydrogen-bond donors (Lipinski definition) is 2. The number of ether oxygens (including phenoxy) is 2. The molecule has 1 unspecified atom stereocenters. The number of phenolic OH excluding ortho intramolecular Hbond substituents is 1. The van der Waals surface area contributed by atoms with Crippen molar-refractivity contribution in [1.29, 1.82) is 0 Å². The number of ketones is 1. The fourth-order valence-corrected chi connectivity index (χ4v) is 5.06. The highest BCUT2D eigenvalue weighted by Crippen LogP contribution is 2.44. The molecule has 38 heavy (non-hydrogen) atoms. The zero-order valence-corrected chi connectivity index (χ0v) is 22.1. The molecule has 0 spiro atoms. The molecule has 1 amide bonds. The van der Waals surface area contributed by atoms with Gasteiger partial charge in [-0.2, -0.15) is 0 Å². The van der Waals surface area contributed by atoms with E-state index in [1.165, 1.54) is 17.0 Å². The number of carbonyl (C=O) groups excluding carboxylic acids is 3. The van der Waals surface area contributed by atoms with Gasteiger partial charge in [0.1, 0.15) is 22.1 Å². The van der Waals surface area contributed by atoms with Gasteiger partial charge in [-0.1, -0.05) is 36.8 Å². The first-order valence-electron chi connectivity index (χ1n) is 12.2. The monoisotopic (exact) mass is 536 g/mol. The van der Waals surface area contributed by atoms with Crippen molar-refractivity contribution < 1.29 is 34.1 Å². The normalized spacial score (nSPS) is 16.6. The predicted octanol–water partition coefficient (Wildman–Crippen LogP) is 5.14. The second-order valence-electron chi connectivity index (χ2n) is 8.62. The molecule has 2 heterocycles. The molecular weight excluding hydrogens is 508 g/mol. The number of aromatic hydroxyl groups is 1. The highest BCUT2D eigenvalue weighted by Gasteiger charge is 2.48. The predicted molar refractivity (Wildman–Crippen MR) is 143 cm³/mol. The number of aryl methyl sites for hydroxylation is 1. The number of hydrogen-bond acceptors (Lipinski definition) is 9. The number of aliphatic hydroxyl groups excluding tert-OH is 1. The summed E-state index contributed by atoms with van der Waals surface area (Å²) < 4.78 is 10.8. The summed E-state index contributed by atoms with van der Waals surface area (Å²) in [6.07, 6.45) is 1.90. The maximum Gasteiger partial charge on any atom is 0.350 e. The maximum atomic E-state index is 13.3. The van der Waals surface area contributed by atoms with E-state index in [-0.39, 0.29) is 33.7 Å². The van der Waals surface area contributed by atoms with Gasteiger partial charge in [-0.05, 0) is 62.2 Å². The second kappa shape index (κ2) is 11.5. The van der Waals surface area contributed by atoms with E-state index in [9.17, 15) is 24.6 Å². The first-order chi connectivity index (χ1) is 18.3. The van der Waals surface area contributed by atoms with Crippen LogP contribution in [0.1, 0.15) is 59.2 Å². The summed E-state index contributed by atoms with van der Waals surface area (Å²) in [5.74, 6) is -2.10. The smallest absolute Gasteiger partial charge is 0.350 e. The molecule has 9 nitrogen and oxygen atoms in total. The van der Waals surface area contributed by atoms with Crippen LogP contribution >= 0.6 is 11.3 Å². The minimum atomic E-state index is -1.04. The quantitative estimate of drug-likeness (QED) is 0.127. The number of anilines is 1. The fourth-order valence-electron chi connectivity index (χ4n) is 4.07. The lowest BCUT2D eigenvalue weighted by Gasteiger charge is -2.23. The summed E-state index contributed by atoms with van der Waals surface area (Å²) >= 11 is 0.930. The van der Waals surface area contributed by atoms with Crippen molar-refractivity contribution in [2.45, 2.75) is 39.7 Å². The molecule has 3 aromatic rings. The Morgan fingerprint density at radius 3 is 2.39 bits per heavy atom. The van der Waals surface area contributed by atoms with Gasteiger partial charge in [-0.15, -0.1) is 0 Å². The van der Waals surface area contributed by atoms with E-state index in [1.807, 2.05) is 0 Å². The number of phenols is 1. The number of esters is 1. The zero-order valence-electron chi connectivity index (χ0n) is 21.3. The Balaban J connectivity index is 1.80. The van der Waals surface area contributed by atoms with Crippen LogP contribution in [0.15, 0.2) is 54.1 Å². The number of aliphatic hydroxyl groups is 1. The molecule has 1 atom stereocenters. The number of carbonyl (C=O) groups is 3. The molecule has 1 aliphatic heterocycles. The maximum absolute atomic E-state index is 13.3. The molecular formula is C28H28N2O7S. The van der Waals surface area contributed by atoms with Crippen molar-refractivity contribution in [2.24, 2.45) is 0 Å². The third kappa shape index (κ3) is 5.26. The summed E-state index contributed by atoms with van der Waals surface area (Å²) in [7, 11) is 0. The summed E-state index contributed by atoms with van der Waals surface area (Å²) in [6, 6.07) is 11.5. The van der Waals surface area contributed by atoms with Crippen molar-refractivity contribution in [3.05, 3.63) is 75.8 Å². The van der Waals surface area contributed by atoms with Crippen LogP contribution in [0.4, 0.5) is 5.13 Å². The first kappa shape index (κ1) is 26.9. The van der Waals surface area contributed by atoms with E-state index in [4.69, 9.17) is 9.47 Å². The summed E-state index contributed by atoms with van der Waals surface area (Å²) in [4.78, 5) is 44.8. The van der Waals surface area contributed by atoms with Gasteiger partial charge in [-0.25, -0.2) is 9.78 Å². The summed E-state index contributed by atoms with van der Waals surface area (Å²) in [5.41, 5.74) is 1.02. The Kier molecular flexibility index (Phi) is 8.11. The van der Waals surface area contributed by atoms with Crippen LogP contribution in [-0.2, 0) is 14.3 Å². The highest BCUT2D eigenvalue weighted by atomic mass is 32.1. The van der Waals surface area contributed by atoms with E-state index in [2.05, 4.69) is 11.9 Å². The Hall–Kier alpha value is -4.18. The van der Waals surface area contributed by atoms with Gasteiger partial charge in [0.05, 0.1) is 30.5 Å². The van der Waals surface area contributed by atoms with E-state index >= 15 is 0 Å². The Labute approximate surface area is 224 Å². The Bertz CT molecular complexity index is 1380. The zero-order chi connectivity index (χ0) is 27.4. The third-order valence-corrected chi connectivity index (χ3v) is 7.14. The number of rotatable bonds is 9. The van der Waals surface area contributed by atoms with Gasteiger partial charge in [0.15, 0.2) is 5.13 Å². The molecule has 2 aromatic carbocycles. The van der Waals surface area contributed by atoms with Gasteiger partial charge in [-0.3, -0.25) is 14.5 Å². The van der Waals surface area contributed by atoms with E-state index in [1.54, 1.807) is 50.2 Å². The topological polar surface area (TPSA) is 126 Å². The average Bonchev–Trinajstić information content (AvgIpc) is 3.41. The average molecular weight is 537 g/mol. The van der Waals surface area contributed by atoms with Crippen molar-refractivity contribution in [3.8, 4) is 11.5 Å². The van der Waals surface area contributed by atoms with Crippen LogP contribution in [0.2, 0.25) is 0 Å². The van der Waals surface area contributed by atoms with Gasteiger partial charge in [0.25, 0.3) is 5.78 Å². The Morgan fingerprint density at radius 1 is 1.08 bits per heavy atom. The van der Waals surface area contributed by atoms with Crippen molar-refractivity contribution in [1.82, 2.24) is 4.98 Å². The van der Waals surface area contributed by atoms with Gasteiger partial charge < -0.3 is 19.7 Å². The van der Waals surface area contributed by atoms with Gasteiger partial charge >= 0.3 is 11.9 Å². The summed E-state index contributed by atoms with van der Waals surface area (Å²) in [6.45, 7) is 6.10. The van der Waals surface area contributed by atoms with Gasteiger partial charge in [0.2, 0.25) is 0 Å². The lowest BCUT2D eigenvalue weighted by atomic mass is 9.95. The number of thiazole rings is 1. The first-order valence-corrected chi connectivity index (χ1v) is 13.1. The van der Waals surface area contributed by atoms with Crippen LogP contribution in [0, 0.1) is 6.92 Å². The minimum absolute atomic E-state index is 0.000876. The number of nitrogens with zero attached hydrogens (tertiary/aromatic N) is 2. The molecule has 0 radical (unpaired) electrons. The van der Waals surface area contributed by atoms with Gasteiger partial charge in [0, 0.05) is 5.56 Å². The van der Waals surface area contributed by atoms with Crippen LogP contribution in [0.25, 0.3) is 5.76 Å². The van der Waals surface area contributed by atoms with Crippen molar-refractivity contribution in [2.75, 3.05) is 18.1 Å². The SMILES string of the molecule is CCCCOc1ccc(/C(O)=C2\C(=O)C(=O)N(c3nc(C)c(C(=O)OCC)s3)C2c2ccc(O)cc2)cc1. The molecule has 0 aliphatic carbocycles. The number of unbranched alkanes of at least 4 members (excludes halogenated alkanes) is 1. The molecule has 198 valence electrons. The fraction of sp³-hybridized carbons (Fsp3) is 0.286. The standard InChI is InChI=1S/C28H28N2O7S/c1-4-6-15-37-20-13-9-18(10-14-20)23(32)21-22(17-7-11-19(31)12-8-17)30(26(34)24(21)33)28-29-16(3)25(38-28)27(35)36-5-2/h7-14,22,31-32H,4-6,15H2,1-3H3/b23-21+. The molecule has 10 heteroatoms. The van der Waals surface area contributed by atoms with Crippen LogP contribution in [0.5, 0.6) is 11.5 Å². The molecule has 2 N–H and O–H groups in total. The number of Topliss-reactive ketones (excluding diaryl/α,β-unsaturated/α-hetero) is 1. The van der Waals surface area contributed by atoms with Crippen LogP contribution in [0.3, 0.4) is 0 Å².